The van der Waals surface area contributed by atoms with E-state index in [0.29, 0.717) is 34.2 Å². The van der Waals surface area contributed by atoms with Gasteiger partial charge in [-0.3, -0.25) is 14.4 Å². The third-order valence-corrected chi connectivity index (χ3v) is 5.15. The van der Waals surface area contributed by atoms with Gasteiger partial charge in [0, 0.05) is 17.8 Å². The van der Waals surface area contributed by atoms with Crippen molar-refractivity contribution in [3.05, 3.63) is 114 Å². The van der Waals surface area contributed by atoms with E-state index >= 15 is 0 Å². The minimum Gasteiger partial charge on any atom is -0.465 e. The Kier molecular flexibility index (Phi) is 5.50. The Balaban J connectivity index is 1.31. The first-order valence-corrected chi connectivity index (χ1v) is 10.5. The van der Waals surface area contributed by atoms with Gasteiger partial charge in [0.2, 0.25) is 5.91 Å². The first-order valence-electron chi connectivity index (χ1n) is 10.5. The van der Waals surface area contributed by atoms with Gasteiger partial charge in [-0.05, 0) is 60.7 Å². The van der Waals surface area contributed by atoms with E-state index in [0.717, 1.165) is 4.90 Å². The Morgan fingerprint density at radius 3 is 2.41 bits per heavy atom. The van der Waals surface area contributed by atoms with Crippen LogP contribution in [0.5, 0.6) is 11.5 Å². The maximum absolute atomic E-state index is 12.9. The number of rotatable bonds is 6. The summed E-state index contributed by atoms with van der Waals surface area (Å²) in [6.45, 7) is 0. The zero-order valence-corrected chi connectivity index (χ0v) is 17.8. The number of para-hydroxylation sites is 1. The molecule has 7 nitrogen and oxygen atoms in total. The molecule has 0 atom stereocenters. The molecule has 3 amide bonds. The van der Waals surface area contributed by atoms with Crippen molar-refractivity contribution in [1.82, 2.24) is 0 Å². The topological polar surface area (TPSA) is 88.8 Å². The summed E-state index contributed by atoms with van der Waals surface area (Å²) in [6.07, 6.45) is 4.46. The fourth-order valence-corrected chi connectivity index (χ4v) is 3.60. The Labute approximate surface area is 194 Å². The van der Waals surface area contributed by atoms with E-state index in [1.807, 2.05) is 6.07 Å². The van der Waals surface area contributed by atoms with E-state index < -0.39 is 5.91 Å². The lowest BCUT2D eigenvalue weighted by Crippen LogP contribution is -2.29. The maximum atomic E-state index is 12.9. The molecular formula is C27H18N2O5. The second kappa shape index (κ2) is 8.91. The summed E-state index contributed by atoms with van der Waals surface area (Å²) in [5, 5.41) is 2.76. The van der Waals surface area contributed by atoms with Gasteiger partial charge < -0.3 is 14.5 Å². The van der Waals surface area contributed by atoms with Crippen molar-refractivity contribution in [2.75, 3.05) is 10.2 Å². The number of carbonyl (C=O) groups is 3. The third-order valence-electron chi connectivity index (χ3n) is 5.15. The van der Waals surface area contributed by atoms with Crippen LogP contribution in [-0.4, -0.2) is 17.7 Å². The first kappa shape index (κ1) is 21.0. The van der Waals surface area contributed by atoms with Crippen LogP contribution in [0.1, 0.15) is 26.5 Å². The predicted molar refractivity (Wildman–Crippen MR) is 127 cm³/mol. The number of carbonyl (C=O) groups excluding carboxylic acids is 3. The van der Waals surface area contributed by atoms with Crippen molar-refractivity contribution in [3.63, 3.8) is 0 Å². The van der Waals surface area contributed by atoms with E-state index in [1.54, 1.807) is 84.9 Å². The van der Waals surface area contributed by atoms with Gasteiger partial charge in [0.05, 0.1) is 23.1 Å². The second-order valence-corrected chi connectivity index (χ2v) is 7.46. The summed E-state index contributed by atoms with van der Waals surface area (Å²) in [5.41, 5.74) is 1.65. The molecule has 0 spiro atoms. The molecule has 1 aromatic heterocycles. The molecule has 1 N–H and O–H groups in total. The quantitative estimate of drug-likeness (QED) is 0.308. The zero-order chi connectivity index (χ0) is 23.5. The van der Waals surface area contributed by atoms with E-state index in [9.17, 15) is 14.4 Å². The molecule has 2 heterocycles. The average Bonchev–Trinajstić information content (AvgIpc) is 3.45. The molecular weight excluding hydrogens is 432 g/mol. The zero-order valence-electron chi connectivity index (χ0n) is 17.8. The molecule has 34 heavy (non-hydrogen) atoms. The van der Waals surface area contributed by atoms with Crippen molar-refractivity contribution in [2.24, 2.45) is 0 Å². The number of nitrogens with one attached hydrogen (secondary N) is 1. The number of imide groups is 1. The van der Waals surface area contributed by atoms with Crippen LogP contribution in [0.2, 0.25) is 0 Å². The Bertz CT molecular complexity index is 1410. The number of benzene rings is 3. The molecule has 0 saturated heterocycles. The maximum Gasteiger partial charge on any atom is 0.266 e. The lowest BCUT2D eigenvalue weighted by molar-refractivity contribution is -0.111. The number of anilines is 2. The SMILES string of the molecule is O=C(C=Cc1ccco1)Nc1cccc(Oc2ccc3c(c2)C(=O)N(c2ccccc2)C3=O)c1. The van der Waals surface area contributed by atoms with Gasteiger partial charge in [-0.15, -0.1) is 0 Å². The number of furan rings is 1. The number of ether oxygens (including phenoxy) is 1. The molecule has 0 saturated carbocycles. The highest BCUT2D eigenvalue weighted by Gasteiger charge is 2.36. The van der Waals surface area contributed by atoms with Gasteiger partial charge in [0.1, 0.15) is 17.3 Å². The molecule has 1 aliphatic heterocycles. The highest BCUT2D eigenvalue weighted by Crippen LogP contribution is 2.32. The molecule has 4 aromatic rings. The van der Waals surface area contributed by atoms with Gasteiger partial charge in [0.25, 0.3) is 11.8 Å². The molecule has 5 rings (SSSR count). The van der Waals surface area contributed by atoms with Gasteiger partial charge >= 0.3 is 0 Å². The van der Waals surface area contributed by atoms with Crippen LogP contribution in [0.15, 0.2) is 102 Å². The lowest BCUT2D eigenvalue weighted by Gasteiger charge is -2.13. The Morgan fingerprint density at radius 1 is 0.824 bits per heavy atom. The number of amides is 3. The lowest BCUT2D eigenvalue weighted by atomic mass is 10.1. The molecule has 166 valence electrons. The van der Waals surface area contributed by atoms with Crippen molar-refractivity contribution in [2.45, 2.75) is 0 Å². The largest absolute Gasteiger partial charge is 0.465 e. The molecule has 0 radical (unpaired) electrons. The van der Waals surface area contributed by atoms with Crippen LogP contribution in [0, 0.1) is 0 Å². The second-order valence-electron chi connectivity index (χ2n) is 7.46. The predicted octanol–water partition coefficient (Wildman–Crippen LogP) is 5.52. The van der Waals surface area contributed by atoms with E-state index in [-0.39, 0.29) is 17.4 Å². The van der Waals surface area contributed by atoms with Crippen LogP contribution in [0.4, 0.5) is 11.4 Å². The molecule has 0 bridgehead atoms. The van der Waals surface area contributed by atoms with Crippen molar-refractivity contribution >= 4 is 35.2 Å². The highest BCUT2D eigenvalue weighted by atomic mass is 16.5. The van der Waals surface area contributed by atoms with Gasteiger partial charge in [0.15, 0.2) is 0 Å². The van der Waals surface area contributed by atoms with Crippen molar-refractivity contribution < 1.29 is 23.5 Å². The summed E-state index contributed by atoms with van der Waals surface area (Å²) >= 11 is 0. The van der Waals surface area contributed by atoms with Gasteiger partial charge in [-0.25, -0.2) is 4.90 Å². The summed E-state index contributed by atoms with van der Waals surface area (Å²) in [6, 6.07) is 23.9. The number of hydrogen-bond donors (Lipinski definition) is 1. The molecule has 0 aliphatic carbocycles. The summed E-state index contributed by atoms with van der Waals surface area (Å²) < 4.78 is 11.1. The molecule has 3 aromatic carbocycles. The highest BCUT2D eigenvalue weighted by molar-refractivity contribution is 6.34. The average molecular weight is 450 g/mol. The Hall–Kier alpha value is -4.91. The smallest absolute Gasteiger partial charge is 0.266 e. The van der Waals surface area contributed by atoms with Crippen LogP contribution >= 0.6 is 0 Å². The molecule has 0 fully saturated rings. The van der Waals surface area contributed by atoms with Crippen LogP contribution in [0.3, 0.4) is 0 Å². The van der Waals surface area contributed by atoms with Crippen LogP contribution < -0.4 is 15.0 Å². The molecule has 1 aliphatic rings. The molecule has 0 unspecified atom stereocenters. The fraction of sp³-hybridized carbons (Fsp3) is 0. The first-order chi connectivity index (χ1) is 16.6. The normalized spacial score (nSPS) is 12.8. The number of nitrogens with zero attached hydrogens (tertiary/aromatic N) is 1. The van der Waals surface area contributed by atoms with E-state index in [2.05, 4.69) is 5.32 Å². The minimum atomic E-state index is -0.402. The standard InChI is InChI=1S/C27H18N2O5/c30-25(14-12-20-10-5-15-33-20)28-18-6-4-9-21(16-18)34-22-11-13-23-24(17-22)27(32)29(26(23)31)19-7-2-1-3-8-19/h1-17H,(H,28,30). The van der Waals surface area contributed by atoms with Crippen molar-refractivity contribution in [1.29, 1.82) is 0 Å². The summed E-state index contributed by atoms with van der Waals surface area (Å²) in [5.74, 6) is 0.338. The summed E-state index contributed by atoms with van der Waals surface area (Å²) in [7, 11) is 0. The van der Waals surface area contributed by atoms with Gasteiger partial charge in [-0.2, -0.15) is 0 Å². The third kappa shape index (κ3) is 4.22. The van der Waals surface area contributed by atoms with Crippen LogP contribution in [0.25, 0.3) is 6.08 Å². The van der Waals surface area contributed by atoms with Crippen molar-refractivity contribution in [3.8, 4) is 11.5 Å². The number of fused-ring (bicyclic) bond motifs is 1. The van der Waals surface area contributed by atoms with Crippen LogP contribution in [-0.2, 0) is 4.79 Å². The summed E-state index contributed by atoms with van der Waals surface area (Å²) in [4.78, 5) is 39.0. The van der Waals surface area contributed by atoms with Gasteiger partial charge in [-0.1, -0.05) is 24.3 Å². The van der Waals surface area contributed by atoms with E-state index in [4.69, 9.17) is 9.15 Å². The Morgan fingerprint density at radius 2 is 1.62 bits per heavy atom. The minimum absolute atomic E-state index is 0.277. The monoisotopic (exact) mass is 450 g/mol. The molecule has 7 heteroatoms. The van der Waals surface area contributed by atoms with E-state index in [1.165, 1.54) is 12.3 Å². The fourth-order valence-electron chi connectivity index (χ4n) is 3.60. The number of hydrogen-bond acceptors (Lipinski definition) is 5.